The maximum absolute atomic E-state index is 13.6. The SMILES string of the molecule is CCc1[nH]c(-c2cc(F)ccc2F)nc1C(=O)OC. The van der Waals surface area contributed by atoms with Gasteiger partial charge in [-0.15, -0.1) is 0 Å². The summed E-state index contributed by atoms with van der Waals surface area (Å²) in [5, 5.41) is 0. The fraction of sp³-hybridized carbons (Fsp3) is 0.231. The van der Waals surface area contributed by atoms with Crippen LogP contribution in [0.4, 0.5) is 8.78 Å². The lowest BCUT2D eigenvalue weighted by Crippen LogP contribution is -2.04. The minimum absolute atomic E-state index is 0.0233. The molecular formula is C13H12F2N2O2. The Hall–Kier alpha value is -2.24. The number of hydrogen-bond donors (Lipinski definition) is 1. The molecule has 0 aliphatic carbocycles. The maximum Gasteiger partial charge on any atom is 0.358 e. The molecule has 0 atom stereocenters. The van der Waals surface area contributed by atoms with Gasteiger partial charge in [0.2, 0.25) is 0 Å². The summed E-state index contributed by atoms with van der Waals surface area (Å²) in [6.07, 6.45) is 0.494. The zero-order valence-electron chi connectivity index (χ0n) is 10.5. The number of esters is 1. The molecule has 1 aromatic heterocycles. The highest BCUT2D eigenvalue weighted by atomic mass is 19.1. The smallest absolute Gasteiger partial charge is 0.358 e. The maximum atomic E-state index is 13.6. The van der Waals surface area contributed by atoms with E-state index in [1.165, 1.54) is 7.11 Å². The Labute approximate surface area is 108 Å². The second-order valence-electron chi connectivity index (χ2n) is 3.88. The van der Waals surface area contributed by atoms with Gasteiger partial charge in [-0.25, -0.2) is 18.6 Å². The zero-order chi connectivity index (χ0) is 14.0. The Morgan fingerprint density at radius 3 is 2.79 bits per heavy atom. The normalized spacial score (nSPS) is 10.5. The number of imidazole rings is 1. The molecule has 1 aromatic carbocycles. The van der Waals surface area contributed by atoms with Crippen LogP contribution in [0.2, 0.25) is 0 Å². The number of nitrogens with zero attached hydrogens (tertiary/aromatic N) is 1. The van der Waals surface area contributed by atoms with E-state index in [0.717, 1.165) is 18.2 Å². The third kappa shape index (κ3) is 2.47. The standard InChI is InChI=1S/C13H12F2N2O2/c1-3-10-11(13(18)19-2)17-12(16-10)8-6-7(14)4-5-9(8)15/h4-6H,3H2,1-2H3,(H,16,17). The van der Waals surface area contributed by atoms with Crippen molar-refractivity contribution in [2.24, 2.45) is 0 Å². The van der Waals surface area contributed by atoms with Crippen LogP contribution in [0, 0.1) is 11.6 Å². The van der Waals surface area contributed by atoms with E-state index in [4.69, 9.17) is 0 Å². The van der Waals surface area contributed by atoms with E-state index in [1.807, 2.05) is 6.92 Å². The summed E-state index contributed by atoms with van der Waals surface area (Å²) in [4.78, 5) is 18.3. The molecule has 0 saturated carbocycles. The number of carbonyl (C=O) groups is 1. The first kappa shape index (κ1) is 13.2. The van der Waals surface area contributed by atoms with Crippen molar-refractivity contribution in [3.63, 3.8) is 0 Å². The third-order valence-electron chi connectivity index (χ3n) is 2.69. The zero-order valence-corrected chi connectivity index (χ0v) is 10.5. The molecule has 0 aliphatic heterocycles. The van der Waals surface area contributed by atoms with Gasteiger partial charge < -0.3 is 9.72 Å². The minimum atomic E-state index is -0.616. The molecule has 4 nitrogen and oxygen atoms in total. The molecule has 2 rings (SSSR count). The Kier molecular flexibility index (Phi) is 3.59. The Morgan fingerprint density at radius 1 is 1.42 bits per heavy atom. The number of H-pyrrole nitrogens is 1. The van der Waals surface area contributed by atoms with Crippen molar-refractivity contribution in [1.82, 2.24) is 9.97 Å². The van der Waals surface area contributed by atoms with E-state index in [2.05, 4.69) is 14.7 Å². The molecule has 19 heavy (non-hydrogen) atoms. The van der Waals surface area contributed by atoms with Crippen LogP contribution in [0.25, 0.3) is 11.4 Å². The van der Waals surface area contributed by atoms with Gasteiger partial charge in [0.15, 0.2) is 5.69 Å². The van der Waals surface area contributed by atoms with Gasteiger partial charge in [0.05, 0.1) is 12.7 Å². The number of carbonyl (C=O) groups excluding carboxylic acids is 1. The van der Waals surface area contributed by atoms with Gasteiger partial charge in [0.1, 0.15) is 17.5 Å². The van der Waals surface area contributed by atoms with Crippen molar-refractivity contribution in [2.75, 3.05) is 7.11 Å². The first-order valence-electron chi connectivity index (χ1n) is 5.69. The van der Waals surface area contributed by atoms with Crippen LogP contribution in [0.3, 0.4) is 0 Å². The Balaban J connectivity index is 2.54. The van der Waals surface area contributed by atoms with E-state index >= 15 is 0 Å². The Bertz CT molecular complexity index is 623. The van der Waals surface area contributed by atoms with Gasteiger partial charge in [-0.2, -0.15) is 0 Å². The summed E-state index contributed by atoms with van der Waals surface area (Å²) in [7, 11) is 1.24. The molecule has 1 N–H and O–H groups in total. The summed E-state index contributed by atoms with van der Waals surface area (Å²) in [5.41, 5.74) is 0.582. The van der Waals surface area contributed by atoms with Crippen LogP contribution in [0.15, 0.2) is 18.2 Å². The summed E-state index contributed by atoms with van der Waals surface area (Å²) in [5.74, 6) is -1.70. The molecule has 0 aliphatic rings. The van der Waals surface area contributed by atoms with E-state index in [1.54, 1.807) is 0 Å². The lowest BCUT2D eigenvalue weighted by Gasteiger charge is -1.99. The highest BCUT2D eigenvalue weighted by molar-refractivity contribution is 5.89. The number of aromatic nitrogens is 2. The second kappa shape index (κ2) is 5.17. The van der Waals surface area contributed by atoms with Crippen molar-refractivity contribution in [3.8, 4) is 11.4 Å². The van der Waals surface area contributed by atoms with Crippen LogP contribution < -0.4 is 0 Å². The van der Waals surface area contributed by atoms with Gasteiger partial charge in [-0.1, -0.05) is 6.92 Å². The molecular weight excluding hydrogens is 254 g/mol. The van der Waals surface area contributed by atoms with Crippen LogP contribution in [0.1, 0.15) is 23.1 Å². The summed E-state index contributed by atoms with van der Waals surface area (Å²) in [6.45, 7) is 1.81. The lowest BCUT2D eigenvalue weighted by atomic mass is 10.2. The number of hydrogen-bond acceptors (Lipinski definition) is 3. The number of nitrogens with one attached hydrogen (secondary N) is 1. The largest absolute Gasteiger partial charge is 0.464 e. The monoisotopic (exact) mass is 266 g/mol. The van der Waals surface area contributed by atoms with Gasteiger partial charge in [0, 0.05) is 5.69 Å². The molecule has 0 bridgehead atoms. The molecule has 0 amide bonds. The topological polar surface area (TPSA) is 55.0 Å². The highest BCUT2D eigenvalue weighted by Gasteiger charge is 2.19. The lowest BCUT2D eigenvalue weighted by molar-refractivity contribution is 0.0593. The molecule has 0 radical (unpaired) electrons. The number of ether oxygens (including phenoxy) is 1. The number of rotatable bonds is 3. The van der Waals surface area contributed by atoms with Crippen LogP contribution in [0.5, 0.6) is 0 Å². The Morgan fingerprint density at radius 2 is 2.16 bits per heavy atom. The number of aryl methyl sites for hydroxylation is 1. The number of benzene rings is 1. The molecule has 100 valence electrons. The van der Waals surface area contributed by atoms with Crippen molar-refractivity contribution in [3.05, 3.63) is 41.2 Å². The van der Waals surface area contributed by atoms with Crippen molar-refractivity contribution >= 4 is 5.97 Å². The van der Waals surface area contributed by atoms with E-state index < -0.39 is 17.6 Å². The third-order valence-corrected chi connectivity index (χ3v) is 2.69. The first-order chi connectivity index (χ1) is 9.06. The molecule has 6 heteroatoms. The van der Waals surface area contributed by atoms with Crippen LogP contribution in [-0.4, -0.2) is 23.0 Å². The summed E-state index contributed by atoms with van der Waals surface area (Å²) < 4.78 is 31.4. The molecule has 0 fully saturated rings. The minimum Gasteiger partial charge on any atom is -0.464 e. The fourth-order valence-electron chi connectivity index (χ4n) is 1.74. The summed E-state index contributed by atoms with van der Waals surface area (Å²) >= 11 is 0. The highest BCUT2D eigenvalue weighted by Crippen LogP contribution is 2.23. The predicted octanol–water partition coefficient (Wildman–Crippen LogP) is 2.70. The van der Waals surface area contributed by atoms with Crippen molar-refractivity contribution in [2.45, 2.75) is 13.3 Å². The number of halogens is 2. The predicted molar refractivity (Wildman–Crippen MR) is 64.7 cm³/mol. The average Bonchev–Trinajstić information content (AvgIpc) is 2.84. The van der Waals surface area contributed by atoms with E-state index in [9.17, 15) is 13.6 Å². The number of methoxy groups -OCH3 is 1. The summed E-state index contributed by atoms with van der Waals surface area (Å²) in [6, 6.07) is 3.05. The van der Waals surface area contributed by atoms with E-state index in [-0.39, 0.29) is 17.1 Å². The van der Waals surface area contributed by atoms with Gasteiger partial charge in [-0.3, -0.25) is 0 Å². The van der Waals surface area contributed by atoms with Crippen molar-refractivity contribution < 1.29 is 18.3 Å². The molecule has 1 heterocycles. The van der Waals surface area contributed by atoms with Gasteiger partial charge in [-0.05, 0) is 24.6 Å². The van der Waals surface area contributed by atoms with Crippen LogP contribution in [-0.2, 0) is 11.2 Å². The molecule has 0 spiro atoms. The molecule has 2 aromatic rings. The van der Waals surface area contributed by atoms with E-state index in [0.29, 0.717) is 12.1 Å². The van der Waals surface area contributed by atoms with Crippen LogP contribution >= 0.6 is 0 Å². The first-order valence-corrected chi connectivity index (χ1v) is 5.69. The average molecular weight is 266 g/mol. The fourth-order valence-corrected chi connectivity index (χ4v) is 1.74. The number of aromatic amines is 1. The van der Waals surface area contributed by atoms with Gasteiger partial charge in [0.25, 0.3) is 0 Å². The molecule has 0 saturated heterocycles. The van der Waals surface area contributed by atoms with Gasteiger partial charge >= 0.3 is 5.97 Å². The van der Waals surface area contributed by atoms with Crippen molar-refractivity contribution in [1.29, 1.82) is 0 Å². The quantitative estimate of drug-likeness (QED) is 0.869. The second-order valence-corrected chi connectivity index (χ2v) is 3.88. The molecule has 0 unspecified atom stereocenters.